The third-order valence-electron chi connectivity index (χ3n) is 3.77. The van der Waals surface area contributed by atoms with Gasteiger partial charge in [-0.3, -0.25) is 4.90 Å². The van der Waals surface area contributed by atoms with E-state index in [2.05, 4.69) is 48.8 Å². The van der Waals surface area contributed by atoms with Crippen molar-refractivity contribution >= 4 is 0 Å². The zero-order chi connectivity index (χ0) is 16.4. The molecule has 1 aliphatic heterocycles. The first-order chi connectivity index (χ1) is 11.0. The summed E-state index contributed by atoms with van der Waals surface area (Å²) in [6, 6.07) is 6.05. The predicted molar refractivity (Wildman–Crippen MR) is 85.4 cm³/mol. The highest BCUT2D eigenvalue weighted by molar-refractivity contribution is 5.44. The predicted octanol–water partition coefficient (Wildman–Crippen LogP) is 3.12. The summed E-state index contributed by atoms with van der Waals surface area (Å²) in [5, 5.41) is 4.10. The minimum atomic E-state index is -0.125. The van der Waals surface area contributed by atoms with Crippen molar-refractivity contribution < 1.29 is 14.0 Å². The number of aromatic nitrogens is 2. The molecule has 0 unspecified atom stereocenters. The standard InChI is InChI=1S/C17H23N3O3/c1-5-20(10-15-18-16(23-19-15)17(2,3)4)9-12-6-7-13-14(8-12)22-11-21-13/h6-8H,5,9-11H2,1-4H3. The van der Waals surface area contributed by atoms with E-state index in [1.54, 1.807) is 0 Å². The molecular formula is C17H23N3O3. The first-order valence-electron chi connectivity index (χ1n) is 7.89. The second-order valence-corrected chi connectivity index (χ2v) is 6.76. The summed E-state index contributed by atoms with van der Waals surface area (Å²) >= 11 is 0. The van der Waals surface area contributed by atoms with Crippen molar-refractivity contribution in [3.8, 4) is 11.5 Å². The van der Waals surface area contributed by atoms with Crippen LogP contribution in [0.1, 0.15) is 45.0 Å². The van der Waals surface area contributed by atoms with Gasteiger partial charge in [0.1, 0.15) is 0 Å². The minimum Gasteiger partial charge on any atom is -0.454 e. The Morgan fingerprint density at radius 1 is 1.13 bits per heavy atom. The Kier molecular flexibility index (Phi) is 4.26. The Hall–Kier alpha value is -2.08. The van der Waals surface area contributed by atoms with Gasteiger partial charge in [0.05, 0.1) is 6.54 Å². The highest BCUT2D eigenvalue weighted by Crippen LogP contribution is 2.32. The zero-order valence-corrected chi connectivity index (χ0v) is 14.1. The summed E-state index contributed by atoms with van der Waals surface area (Å²) in [4.78, 5) is 6.76. The largest absolute Gasteiger partial charge is 0.454 e. The van der Waals surface area contributed by atoms with Crippen LogP contribution in [-0.4, -0.2) is 28.4 Å². The first-order valence-corrected chi connectivity index (χ1v) is 7.89. The van der Waals surface area contributed by atoms with Gasteiger partial charge in [-0.15, -0.1) is 0 Å². The molecule has 0 spiro atoms. The van der Waals surface area contributed by atoms with Gasteiger partial charge in [-0.25, -0.2) is 0 Å². The van der Waals surface area contributed by atoms with Crippen LogP contribution in [0.5, 0.6) is 11.5 Å². The molecule has 23 heavy (non-hydrogen) atoms. The van der Waals surface area contributed by atoms with Gasteiger partial charge in [0.2, 0.25) is 12.7 Å². The third-order valence-corrected chi connectivity index (χ3v) is 3.77. The molecule has 6 nitrogen and oxygen atoms in total. The third kappa shape index (κ3) is 3.64. The topological polar surface area (TPSA) is 60.6 Å². The zero-order valence-electron chi connectivity index (χ0n) is 14.1. The molecule has 124 valence electrons. The van der Waals surface area contributed by atoms with E-state index >= 15 is 0 Å². The maximum atomic E-state index is 5.43. The highest BCUT2D eigenvalue weighted by atomic mass is 16.7. The van der Waals surface area contributed by atoms with Crippen LogP contribution in [0, 0.1) is 0 Å². The van der Waals surface area contributed by atoms with E-state index in [1.807, 2.05) is 12.1 Å². The number of benzene rings is 1. The van der Waals surface area contributed by atoms with Gasteiger partial charge >= 0.3 is 0 Å². The van der Waals surface area contributed by atoms with Gasteiger partial charge in [0.25, 0.3) is 0 Å². The van der Waals surface area contributed by atoms with E-state index < -0.39 is 0 Å². The number of rotatable bonds is 5. The monoisotopic (exact) mass is 317 g/mol. The van der Waals surface area contributed by atoms with E-state index in [0.29, 0.717) is 19.2 Å². The molecule has 6 heteroatoms. The van der Waals surface area contributed by atoms with Gasteiger partial charge in [0, 0.05) is 12.0 Å². The molecule has 1 aliphatic rings. The van der Waals surface area contributed by atoms with Crippen molar-refractivity contribution in [1.82, 2.24) is 15.0 Å². The van der Waals surface area contributed by atoms with E-state index in [1.165, 1.54) is 5.56 Å². The Bertz CT molecular complexity index is 676. The maximum absolute atomic E-state index is 5.43. The van der Waals surface area contributed by atoms with Gasteiger partial charge in [-0.1, -0.05) is 38.9 Å². The smallest absolute Gasteiger partial charge is 0.232 e. The second kappa shape index (κ2) is 6.20. The molecule has 1 aromatic carbocycles. The molecular weight excluding hydrogens is 294 g/mol. The minimum absolute atomic E-state index is 0.125. The Labute approximate surface area is 136 Å². The van der Waals surface area contributed by atoms with Crippen molar-refractivity contribution in [2.24, 2.45) is 0 Å². The fourth-order valence-electron chi connectivity index (χ4n) is 2.40. The van der Waals surface area contributed by atoms with Crippen LogP contribution in [0.2, 0.25) is 0 Å². The van der Waals surface area contributed by atoms with Crippen LogP contribution in [0.15, 0.2) is 22.7 Å². The van der Waals surface area contributed by atoms with Gasteiger partial charge in [-0.2, -0.15) is 4.98 Å². The van der Waals surface area contributed by atoms with Crippen molar-refractivity contribution in [1.29, 1.82) is 0 Å². The molecule has 0 aliphatic carbocycles. The summed E-state index contributed by atoms with van der Waals surface area (Å²) in [5.41, 5.74) is 1.05. The molecule has 0 amide bonds. The van der Waals surface area contributed by atoms with Crippen molar-refractivity contribution in [3.63, 3.8) is 0 Å². The normalized spacial score (nSPS) is 13.8. The fraction of sp³-hybridized carbons (Fsp3) is 0.529. The second-order valence-electron chi connectivity index (χ2n) is 6.76. The van der Waals surface area contributed by atoms with Gasteiger partial charge < -0.3 is 14.0 Å². The molecule has 0 radical (unpaired) electrons. The lowest BCUT2D eigenvalue weighted by molar-refractivity contribution is 0.174. The van der Waals surface area contributed by atoms with Gasteiger partial charge in [0.15, 0.2) is 17.3 Å². The van der Waals surface area contributed by atoms with Crippen LogP contribution in [0.25, 0.3) is 0 Å². The summed E-state index contributed by atoms with van der Waals surface area (Å²) in [7, 11) is 0. The van der Waals surface area contributed by atoms with E-state index in [4.69, 9.17) is 14.0 Å². The summed E-state index contributed by atoms with van der Waals surface area (Å²) in [6.07, 6.45) is 0. The molecule has 0 fully saturated rings. The molecule has 0 saturated heterocycles. The maximum Gasteiger partial charge on any atom is 0.232 e. The number of nitrogens with zero attached hydrogens (tertiary/aromatic N) is 3. The summed E-state index contributed by atoms with van der Waals surface area (Å²) < 4.78 is 16.1. The summed E-state index contributed by atoms with van der Waals surface area (Å²) in [6.45, 7) is 11.0. The number of fused-ring (bicyclic) bond motifs is 1. The molecule has 1 aromatic heterocycles. The van der Waals surface area contributed by atoms with Crippen LogP contribution >= 0.6 is 0 Å². The van der Waals surface area contributed by atoms with Crippen LogP contribution in [0.3, 0.4) is 0 Å². The molecule has 0 N–H and O–H groups in total. The lowest BCUT2D eigenvalue weighted by Gasteiger charge is -2.18. The van der Waals surface area contributed by atoms with E-state index in [9.17, 15) is 0 Å². The van der Waals surface area contributed by atoms with Crippen LogP contribution in [0.4, 0.5) is 0 Å². The number of hydrogen-bond acceptors (Lipinski definition) is 6. The molecule has 2 heterocycles. The highest BCUT2D eigenvalue weighted by Gasteiger charge is 2.22. The fourth-order valence-corrected chi connectivity index (χ4v) is 2.40. The number of ether oxygens (including phenoxy) is 2. The van der Waals surface area contributed by atoms with Crippen molar-refractivity contribution in [3.05, 3.63) is 35.5 Å². The molecule has 0 bridgehead atoms. The Balaban J connectivity index is 1.67. The first kappa shape index (κ1) is 15.8. The quantitative estimate of drug-likeness (QED) is 0.844. The SMILES string of the molecule is CCN(Cc1ccc2c(c1)OCO2)Cc1noc(C(C)(C)C)n1. The van der Waals surface area contributed by atoms with E-state index in [-0.39, 0.29) is 5.41 Å². The van der Waals surface area contributed by atoms with Crippen LogP contribution in [-0.2, 0) is 18.5 Å². The Morgan fingerprint density at radius 2 is 1.91 bits per heavy atom. The van der Waals surface area contributed by atoms with Crippen molar-refractivity contribution in [2.75, 3.05) is 13.3 Å². The average Bonchev–Trinajstić information content (AvgIpc) is 3.14. The van der Waals surface area contributed by atoms with Crippen LogP contribution < -0.4 is 9.47 Å². The Morgan fingerprint density at radius 3 is 2.61 bits per heavy atom. The molecule has 0 saturated carbocycles. The average molecular weight is 317 g/mol. The molecule has 0 atom stereocenters. The van der Waals surface area contributed by atoms with Crippen molar-refractivity contribution in [2.45, 2.75) is 46.2 Å². The van der Waals surface area contributed by atoms with E-state index in [0.717, 1.165) is 30.4 Å². The lowest BCUT2D eigenvalue weighted by atomic mass is 9.97. The summed E-state index contributed by atoms with van der Waals surface area (Å²) in [5.74, 6) is 3.02. The molecule has 3 rings (SSSR count). The van der Waals surface area contributed by atoms with Gasteiger partial charge in [-0.05, 0) is 24.2 Å². The lowest BCUT2D eigenvalue weighted by Crippen LogP contribution is -2.23. The molecule has 2 aromatic rings. The number of hydrogen-bond donors (Lipinski definition) is 0.